The highest BCUT2D eigenvalue weighted by Gasteiger charge is 2.13. The fourth-order valence-electron chi connectivity index (χ4n) is 2.55. The summed E-state index contributed by atoms with van der Waals surface area (Å²) in [5.74, 6) is -0.833. The van der Waals surface area contributed by atoms with Crippen molar-refractivity contribution in [2.75, 3.05) is 5.32 Å². The summed E-state index contributed by atoms with van der Waals surface area (Å²) < 4.78 is 5.68. The Balaban J connectivity index is 1.76. The number of nitrogens with one attached hydrogen (secondary N) is 1. The Labute approximate surface area is 171 Å². The Bertz CT molecular complexity index is 1110. The minimum absolute atomic E-state index is 0.0575. The van der Waals surface area contributed by atoms with Crippen LogP contribution >= 0.6 is 0 Å². The molecule has 30 heavy (non-hydrogen) atoms. The van der Waals surface area contributed by atoms with Gasteiger partial charge in [0.15, 0.2) is 0 Å². The fourth-order valence-corrected chi connectivity index (χ4v) is 2.55. The summed E-state index contributed by atoms with van der Waals surface area (Å²) in [6.07, 6.45) is 2.67. The second-order valence-electron chi connectivity index (χ2n) is 6.10. The van der Waals surface area contributed by atoms with Crippen molar-refractivity contribution in [1.29, 1.82) is 0 Å². The third kappa shape index (κ3) is 5.29. The minimum atomic E-state index is -1.20. The Morgan fingerprint density at radius 2 is 1.67 bits per heavy atom. The number of anilines is 1. The molecule has 1 amide bonds. The predicted molar refractivity (Wildman–Crippen MR) is 111 cm³/mol. The number of rotatable bonds is 7. The molecule has 3 aromatic carbocycles. The predicted octanol–water partition coefficient (Wildman–Crippen LogP) is 4.74. The van der Waals surface area contributed by atoms with Gasteiger partial charge >= 0.3 is 5.97 Å². The number of amides is 1. The van der Waals surface area contributed by atoms with Gasteiger partial charge in [-0.1, -0.05) is 18.2 Å². The van der Waals surface area contributed by atoms with E-state index in [-0.39, 0.29) is 16.9 Å². The van der Waals surface area contributed by atoms with E-state index in [0.717, 1.165) is 0 Å². The first-order valence-corrected chi connectivity index (χ1v) is 8.76. The van der Waals surface area contributed by atoms with Gasteiger partial charge in [0.25, 0.3) is 5.69 Å². The molecule has 8 heteroatoms. The molecule has 0 bridgehead atoms. The lowest BCUT2D eigenvalue weighted by molar-refractivity contribution is -0.384. The molecular formula is C22H16N2O6. The summed E-state index contributed by atoms with van der Waals surface area (Å²) in [6.45, 7) is 0. The van der Waals surface area contributed by atoms with Gasteiger partial charge in [0.05, 0.1) is 16.2 Å². The minimum Gasteiger partial charge on any atom is -0.478 e. The third-order valence-corrected chi connectivity index (χ3v) is 3.99. The number of nitro benzene ring substituents is 1. The molecule has 0 unspecified atom stereocenters. The summed E-state index contributed by atoms with van der Waals surface area (Å²) in [6, 6.07) is 18.8. The largest absolute Gasteiger partial charge is 0.478 e. The lowest BCUT2D eigenvalue weighted by atomic mass is 10.1. The van der Waals surface area contributed by atoms with E-state index >= 15 is 0 Å². The number of nitrogens with zero attached hydrogens (tertiary/aromatic N) is 1. The smallest absolute Gasteiger partial charge is 0.337 e. The molecule has 3 rings (SSSR count). The van der Waals surface area contributed by atoms with Crippen LogP contribution in [0.1, 0.15) is 15.9 Å². The number of hydrogen-bond donors (Lipinski definition) is 2. The van der Waals surface area contributed by atoms with Crippen LogP contribution in [0.3, 0.4) is 0 Å². The molecule has 8 nitrogen and oxygen atoms in total. The topological polar surface area (TPSA) is 119 Å². The summed E-state index contributed by atoms with van der Waals surface area (Å²) >= 11 is 0. The molecule has 0 heterocycles. The number of nitro groups is 1. The number of benzene rings is 3. The first-order valence-electron chi connectivity index (χ1n) is 8.76. The molecule has 0 atom stereocenters. The second-order valence-corrected chi connectivity index (χ2v) is 6.10. The highest BCUT2D eigenvalue weighted by atomic mass is 16.6. The monoisotopic (exact) mass is 404 g/mol. The Hall–Kier alpha value is -4.46. The van der Waals surface area contributed by atoms with Crippen LogP contribution in [-0.4, -0.2) is 21.9 Å². The summed E-state index contributed by atoms with van der Waals surface area (Å²) in [7, 11) is 0. The lowest BCUT2D eigenvalue weighted by Crippen LogP contribution is -2.12. The standard InChI is InChI=1S/C22H16N2O6/c25-21(13-8-15-6-9-16(10-7-15)24(28)29)23-20-14-18(11-12-19(20)22(26)27)30-17-4-2-1-3-5-17/h1-14H,(H,23,25)(H,26,27)/b13-8+. The van der Waals surface area contributed by atoms with E-state index in [1.54, 1.807) is 24.3 Å². The fraction of sp³-hybridized carbons (Fsp3) is 0. The average molecular weight is 404 g/mol. The summed E-state index contributed by atoms with van der Waals surface area (Å²) in [5, 5.41) is 22.6. The van der Waals surface area contributed by atoms with Gasteiger partial charge in [0.1, 0.15) is 11.5 Å². The number of non-ortho nitro benzene ring substituents is 1. The van der Waals surface area contributed by atoms with Crippen molar-refractivity contribution in [1.82, 2.24) is 0 Å². The third-order valence-electron chi connectivity index (χ3n) is 3.99. The first kappa shape index (κ1) is 20.3. The highest BCUT2D eigenvalue weighted by molar-refractivity contribution is 6.06. The van der Waals surface area contributed by atoms with Gasteiger partial charge in [-0.2, -0.15) is 0 Å². The molecule has 0 aliphatic carbocycles. The van der Waals surface area contributed by atoms with Gasteiger partial charge in [0, 0.05) is 24.3 Å². The second kappa shape index (κ2) is 9.16. The van der Waals surface area contributed by atoms with Crippen molar-refractivity contribution in [2.24, 2.45) is 0 Å². The molecule has 0 saturated heterocycles. The molecule has 0 aliphatic heterocycles. The van der Waals surface area contributed by atoms with E-state index in [9.17, 15) is 24.8 Å². The normalized spacial score (nSPS) is 10.5. The maximum Gasteiger partial charge on any atom is 0.337 e. The van der Waals surface area contributed by atoms with Crippen molar-refractivity contribution < 1.29 is 24.4 Å². The highest BCUT2D eigenvalue weighted by Crippen LogP contribution is 2.27. The van der Waals surface area contributed by atoms with Crippen LogP contribution in [0.5, 0.6) is 11.5 Å². The number of hydrogen-bond acceptors (Lipinski definition) is 5. The van der Waals surface area contributed by atoms with Crippen LogP contribution in [0.2, 0.25) is 0 Å². The number of carbonyl (C=O) groups excluding carboxylic acids is 1. The lowest BCUT2D eigenvalue weighted by Gasteiger charge is -2.11. The zero-order valence-electron chi connectivity index (χ0n) is 15.5. The molecule has 0 radical (unpaired) electrons. The molecule has 150 valence electrons. The maximum absolute atomic E-state index is 12.3. The zero-order valence-corrected chi connectivity index (χ0v) is 15.5. The molecule has 0 aromatic heterocycles. The van der Waals surface area contributed by atoms with Crippen LogP contribution in [0, 0.1) is 10.1 Å². The molecule has 0 saturated carbocycles. The molecule has 3 aromatic rings. The van der Waals surface area contributed by atoms with E-state index in [1.165, 1.54) is 54.6 Å². The van der Waals surface area contributed by atoms with Crippen molar-refractivity contribution in [3.63, 3.8) is 0 Å². The Morgan fingerprint density at radius 3 is 2.30 bits per heavy atom. The number of aromatic carboxylic acids is 1. The van der Waals surface area contributed by atoms with Crippen LogP contribution in [0.15, 0.2) is 78.9 Å². The number of carbonyl (C=O) groups is 2. The SMILES string of the molecule is O=C(/C=C/c1ccc([N+](=O)[O-])cc1)Nc1cc(Oc2ccccc2)ccc1C(=O)O. The number of carboxylic acid groups (broad SMARTS) is 1. The Kier molecular flexibility index (Phi) is 6.19. The first-order chi connectivity index (χ1) is 14.4. The van der Waals surface area contributed by atoms with Crippen molar-refractivity contribution in [2.45, 2.75) is 0 Å². The molecule has 0 fully saturated rings. The molecule has 0 spiro atoms. The van der Waals surface area contributed by atoms with Gasteiger partial charge < -0.3 is 15.2 Å². The van der Waals surface area contributed by atoms with Crippen LogP contribution in [0.4, 0.5) is 11.4 Å². The van der Waals surface area contributed by atoms with Gasteiger partial charge in [-0.05, 0) is 48.0 Å². The average Bonchev–Trinajstić information content (AvgIpc) is 2.73. The Morgan fingerprint density at radius 1 is 0.967 bits per heavy atom. The number of para-hydroxylation sites is 1. The molecular weight excluding hydrogens is 388 g/mol. The number of carboxylic acids is 1. The van der Waals surface area contributed by atoms with E-state index in [4.69, 9.17) is 4.74 Å². The van der Waals surface area contributed by atoms with E-state index < -0.39 is 16.8 Å². The summed E-state index contributed by atoms with van der Waals surface area (Å²) in [5.41, 5.74) is 0.509. The van der Waals surface area contributed by atoms with E-state index in [1.807, 2.05) is 6.07 Å². The van der Waals surface area contributed by atoms with Crippen molar-refractivity contribution in [3.8, 4) is 11.5 Å². The number of ether oxygens (including phenoxy) is 1. The summed E-state index contributed by atoms with van der Waals surface area (Å²) in [4.78, 5) is 33.9. The van der Waals surface area contributed by atoms with Gasteiger partial charge in [-0.25, -0.2) is 4.79 Å². The molecule has 0 aliphatic rings. The van der Waals surface area contributed by atoms with Crippen LogP contribution in [0.25, 0.3) is 6.08 Å². The van der Waals surface area contributed by atoms with Gasteiger partial charge in [-0.15, -0.1) is 0 Å². The van der Waals surface area contributed by atoms with E-state index in [0.29, 0.717) is 17.1 Å². The van der Waals surface area contributed by atoms with Gasteiger partial charge in [0.2, 0.25) is 5.91 Å². The van der Waals surface area contributed by atoms with Crippen molar-refractivity contribution in [3.05, 3.63) is 100 Å². The zero-order chi connectivity index (χ0) is 21.5. The van der Waals surface area contributed by atoms with Crippen LogP contribution < -0.4 is 10.1 Å². The quantitative estimate of drug-likeness (QED) is 0.334. The van der Waals surface area contributed by atoms with Crippen molar-refractivity contribution >= 4 is 29.3 Å². The maximum atomic E-state index is 12.3. The van der Waals surface area contributed by atoms with Gasteiger partial charge in [-0.3, -0.25) is 14.9 Å². The van der Waals surface area contributed by atoms with Crippen LogP contribution in [-0.2, 0) is 4.79 Å². The molecule has 2 N–H and O–H groups in total. The van der Waals surface area contributed by atoms with E-state index in [2.05, 4.69) is 5.32 Å².